The van der Waals surface area contributed by atoms with Gasteiger partial charge in [-0.05, 0) is 12.1 Å². The first-order valence-corrected chi connectivity index (χ1v) is 5.31. The quantitative estimate of drug-likeness (QED) is 0.841. The van der Waals surface area contributed by atoms with Crippen LogP contribution in [0.2, 0.25) is 5.02 Å². The third-order valence-corrected chi connectivity index (χ3v) is 2.99. The summed E-state index contributed by atoms with van der Waals surface area (Å²) in [6, 6.07) is 7.05. The summed E-state index contributed by atoms with van der Waals surface area (Å²) in [4.78, 5) is 24.2. The highest BCUT2D eigenvalue weighted by molar-refractivity contribution is 6.33. The van der Waals surface area contributed by atoms with Gasteiger partial charge in [0.1, 0.15) is 0 Å². The summed E-state index contributed by atoms with van der Waals surface area (Å²) < 4.78 is 0. The Labute approximate surface area is 98.0 Å². The van der Waals surface area contributed by atoms with Crippen LogP contribution in [0.1, 0.15) is 6.42 Å². The second-order valence-electron chi connectivity index (χ2n) is 3.76. The molecule has 1 atom stereocenters. The van der Waals surface area contributed by atoms with E-state index in [4.69, 9.17) is 17.3 Å². The minimum absolute atomic E-state index is 0.114. The SMILES string of the molecule is NC(=O)C1CC(=O)N(c2ccccc2Cl)C1. The van der Waals surface area contributed by atoms with Gasteiger partial charge < -0.3 is 10.6 Å². The van der Waals surface area contributed by atoms with Crippen LogP contribution in [0.15, 0.2) is 24.3 Å². The lowest BCUT2D eigenvalue weighted by atomic mass is 10.1. The Balaban J connectivity index is 2.27. The molecule has 2 amide bonds. The fourth-order valence-electron chi connectivity index (χ4n) is 1.80. The van der Waals surface area contributed by atoms with Crippen molar-refractivity contribution in [3.05, 3.63) is 29.3 Å². The first kappa shape index (κ1) is 11.0. The number of para-hydroxylation sites is 1. The predicted octanol–water partition coefficient (Wildman–Crippen LogP) is 1.18. The summed E-state index contributed by atoms with van der Waals surface area (Å²) >= 11 is 5.99. The molecule has 0 aliphatic carbocycles. The number of hydrogen-bond acceptors (Lipinski definition) is 2. The van der Waals surface area contributed by atoms with Gasteiger partial charge in [0.2, 0.25) is 11.8 Å². The first-order chi connectivity index (χ1) is 7.59. The van der Waals surface area contributed by atoms with E-state index in [0.29, 0.717) is 17.3 Å². The Morgan fingerprint density at radius 1 is 1.44 bits per heavy atom. The zero-order valence-electron chi connectivity index (χ0n) is 8.52. The number of halogens is 1. The number of hydrogen-bond donors (Lipinski definition) is 1. The number of nitrogens with two attached hydrogens (primary N) is 1. The Bertz CT molecular complexity index is 447. The number of carbonyl (C=O) groups excluding carboxylic acids is 2. The molecular formula is C11H11ClN2O2. The van der Waals surface area contributed by atoms with Gasteiger partial charge in [-0.2, -0.15) is 0 Å². The van der Waals surface area contributed by atoms with E-state index in [1.807, 2.05) is 0 Å². The molecule has 16 heavy (non-hydrogen) atoms. The third kappa shape index (κ3) is 1.88. The molecule has 1 fully saturated rings. The molecule has 0 bridgehead atoms. The maximum absolute atomic E-state index is 11.7. The smallest absolute Gasteiger partial charge is 0.227 e. The standard InChI is InChI=1S/C11H11ClN2O2/c12-8-3-1-2-4-9(8)14-6-7(11(13)16)5-10(14)15/h1-4,7H,5-6H2,(H2,13,16). The van der Waals surface area contributed by atoms with Crippen molar-refractivity contribution in [3.8, 4) is 0 Å². The Kier molecular flexibility index (Phi) is 2.83. The Morgan fingerprint density at radius 3 is 2.69 bits per heavy atom. The molecule has 4 nitrogen and oxygen atoms in total. The molecule has 1 aliphatic rings. The molecule has 1 aromatic rings. The maximum Gasteiger partial charge on any atom is 0.227 e. The van der Waals surface area contributed by atoms with Crippen molar-refractivity contribution in [1.82, 2.24) is 0 Å². The molecule has 0 aromatic heterocycles. The second-order valence-corrected chi connectivity index (χ2v) is 4.17. The first-order valence-electron chi connectivity index (χ1n) is 4.94. The number of carbonyl (C=O) groups is 2. The van der Waals surface area contributed by atoms with E-state index in [9.17, 15) is 9.59 Å². The highest BCUT2D eigenvalue weighted by Crippen LogP contribution is 2.30. The van der Waals surface area contributed by atoms with E-state index in [-0.39, 0.29) is 12.3 Å². The number of primary amides is 1. The van der Waals surface area contributed by atoms with Crippen LogP contribution >= 0.6 is 11.6 Å². The number of rotatable bonds is 2. The summed E-state index contributed by atoms with van der Waals surface area (Å²) in [5.74, 6) is -0.969. The van der Waals surface area contributed by atoms with Gasteiger partial charge in [0.05, 0.1) is 16.6 Å². The van der Waals surface area contributed by atoms with E-state index in [0.717, 1.165) is 0 Å². The van der Waals surface area contributed by atoms with Crippen molar-refractivity contribution in [2.24, 2.45) is 11.7 Å². The molecule has 84 valence electrons. The van der Waals surface area contributed by atoms with Gasteiger partial charge >= 0.3 is 0 Å². The van der Waals surface area contributed by atoms with Gasteiger partial charge in [-0.25, -0.2) is 0 Å². The van der Waals surface area contributed by atoms with Gasteiger partial charge in [-0.15, -0.1) is 0 Å². The van der Waals surface area contributed by atoms with Crippen LogP contribution in [0.5, 0.6) is 0 Å². The molecule has 2 N–H and O–H groups in total. The molecule has 1 aliphatic heterocycles. The fraction of sp³-hybridized carbons (Fsp3) is 0.273. The highest BCUT2D eigenvalue weighted by atomic mass is 35.5. The maximum atomic E-state index is 11.7. The number of benzene rings is 1. The molecule has 1 heterocycles. The summed E-state index contributed by atoms with van der Waals surface area (Å²) in [6.45, 7) is 0.317. The molecule has 0 radical (unpaired) electrons. The monoisotopic (exact) mass is 238 g/mol. The van der Waals surface area contributed by atoms with Crippen molar-refractivity contribution in [2.75, 3.05) is 11.4 Å². The molecule has 0 saturated carbocycles. The minimum Gasteiger partial charge on any atom is -0.369 e. The molecule has 1 saturated heterocycles. The minimum atomic E-state index is -0.442. The topological polar surface area (TPSA) is 63.4 Å². The summed E-state index contributed by atoms with van der Waals surface area (Å²) in [5, 5.41) is 0.501. The summed E-state index contributed by atoms with van der Waals surface area (Å²) in [7, 11) is 0. The largest absolute Gasteiger partial charge is 0.369 e. The second kappa shape index (κ2) is 4.14. The van der Waals surface area contributed by atoms with E-state index < -0.39 is 11.8 Å². The van der Waals surface area contributed by atoms with Crippen LogP contribution < -0.4 is 10.6 Å². The van der Waals surface area contributed by atoms with Gasteiger partial charge in [0.15, 0.2) is 0 Å². The van der Waals surface area contributed by atoms with Crippen molar-refractivity contribution in [3.63, 3.8) is 0 Å². The normalized spacial score (nSPS) is 20.2. The zero-order valence-corrected chi connectivity index (χ0v) is 9.28. The van der Waals surface area contributed by atoms with Crippen LogP contribution in [0, 0.1) is 5.92 Å². The predicted molar refractivity (Wildman–Crippen MR) is 61.1 cm³/mol. The van der Waals surface area contributed by atoms with Crippen molar-refractivity contribution in [1.29, 1.82) is 0 Å². The van der Waals surface area contributed by atoms with Crippen molar-refractivity contribution in [2.45, 2.75) is 6.42 Å². The molecule has 0 spiro atoms. The van der Waals surface area contributed by atoms with Gasteiger partial charge in [0, 0.05) is 13.0 Å². The molecule has 2 rings (SSSR count). The van der Waals surface area contributed by atoms with Crippen LogP contribution in [-0.2, 0) is 9.59 Å². The molecule has 1 unspecified atom stereocenters. The Morgan fingerprint density at radius 2 is 2.12 bits per heavy atom. The average Bonchev–Trinajstić information content (AvgIpc) is 2.61. The lowest BCUT2D eigenvalue weighted by Gasteiger charge is -2.17. The molecular weight excluding hydrogens is 228 g/mol. The van der Waals surface area contributed by atoms with E-state index in [1.54, 1.807) is 24.3 Å². The molecule has 5 heteroatoms. The van der Waals surface area contributed by atoms with E-state index >= 15 is 0 Å². The van der Waals surface area contributed by atoms with Crippen LogP contribution in [0.25, 0.3) is 0 Å². The van der Waals surface area contributed by atoms with Crippen molar-refractivity contribution < 1.29 is 9.59 Å². The lowest BCUT2D eigenvalue weighted by Crippen LogP contribution is -2.28. The fourth-order valence-corrected chi connectivity index (χ4v) is 2.04. The number of amides is 2. The number of anilines is 1. The highest BCUT2D eigenvalue weighted by Gasteiger charge is 2.34. The van der Waals surface area contributed by atoms with Gasteiger partial charge in [0.25, 0.3) is 0 Å². The van der Waals surface area contributed by atoms with E-state index in [2.05, 4.69) is 0 Å². The van der Waals surface area contributed by atoms with Gasteiger partial charge in [-0.1, -0.05) is 23.7 Å². The summed E-state index contributed by atoms with van der Waals surface area (Å²) in [5.41, 5.74) is 5.82. The van der Waals surface area contributed by atoms with Crippen LogP contribution in [0.3, 0.4) is 0 Å². The van der Waals surface area contributed by atoms with Crippen LogP contribution in [-0.4, -0.2) is 18.4 Å². The molecule has 1 aromatic carbocycles. The lowest BCUT2D eigenvalue weighted by molar-refractivity contribution is -0.123. The van der Waals surface area contributed by atoms with Crippen molar-refractivity contribution >= 4 is 29.1 Å². The van der Waals surface area contributed by atoms with Gasteiger partial charge in [-0.3, -0.25) is 9.59 Å². The Hall–Kier alpha value is -1.55. The average molecular weight is 239 g/mol. The number of nitrogens with zero attached hydrogens (tertiary/aromatic N) is 1. The van der Waals surface area contributed by atoms with E-state index in [1.165, 1.54) is 4.90 Å². The third-order valence-electron chi connectivity index (χ3n) is 2.67. The van der Waals surface area contributed by atoms with Crippen LogP contribution in [0.4, 0.5) is 5.69 Å². The summed E-state index contributed by atoms with van der Waals surface area (Å²) in [6.07, 6.45) is 0.167. The zero-order chi connectivity index (χ0) is 11.7.